The summed E-state index contributed by atoms with van der Waals surface area (Å²) in [4.78, 5) is 20.8. The number of aromatic carboxylic acids is 1. The van der Waals surface area contributed by atoms with E-state index < -0.39 is 5.97 Å². The SMILES string of the molecule is COc1ccc(-c2csc3ncnc(Nc4cccc(C(=O)O)c4)c23)cc1. The summed E-state index contributed by atoms with van der Waals surface area (Å²) in [6.45, 7) is 0. The number of nitrogens with zero attached hydrogens (tertiary/aromatic N) is 2. The lowest BCUT2D eigenvalue weighted by atomic mass is 10.1. The molecular weight excluding hydrogens is 362 g/mol. The summed E-state index contributed by atoms with van der Waals surface area (Å²) in [5, 5.41) is 15.4. The van der Waals surface area contributed by atoms with Crippen LogP contribution in [-0.4, -0.2) is 28.2 Å². The average molecular weight is 377 g/mol. The first-order valence-electron chi connectivity index (χ1n) is 8.12. The van der Waals surface area contributed by atoms with Gasteiger partial charge in [0, 0.05) is 16.6 Å². The highest BCUT2D eigenvalue weighted by Gasteiger charge is 2.14. The number of thiophene rings is 1. The topological polar surface area (TPSA) is 84.3 Å². The number of fused-ring (bicyclic) bond motifs is 1. The van der Waals surface area contributed by atoms with Crippen molar-refractivity contribution >= 4 is 39.0 Å². The molecule has 0 spiro atoms. The monoisotopic (exact) mass is 377 g/mol. The van der Waals surface area contributed by atoms with Crippen LogP contribution < -0.4 is 10.1 Å². The average Bonchev–Trinajstić information content (AvgIpc) is 3.13. The quantitative estimate of drug-likeness (QED) is 0.519. The molecule has 0 aliphatic rings. The Morgan fingerprint density at radius 3 is 2.70 bits per heavy atom. The zero-order valence-corrected chi connectivity index (χ0v) is 15.2. The van der Waals surface area contributed by atoms with Crippen molar-refractivity contribution in [2.24, 2.45) is 0 Å². The molecule has 4 rings (SSSR count). The first-order valence-corrected chi connectivity index (χ1v) is 9.00. The van der Waals surface area contributed by atoms with Crippen LogP contribution in [-0.2, 0) is 0 Å². The van der Waals surface area contributed by atoms with Gasteiger partial charge in [0.25, 0.3) is 0 Å². The van der Waals surface area contributed by atoms with Gasteiger partial charge in [-0.15, -0.1) is 11.3 Å². The number of hydrogen-bond donors (Lipinski definition) is 2. The Morgan fingerprint density at radius 1 is 1.15 bits per heavy atom. The highest BCUT2D eigenvalue weighted by atomic mass is 32.1. The van der Waals surface area contributed by atoms with Gasteiger partial charge in [-0.3, -0.25) is 0 Å². The molecule has 0 radical (unpaired) electrons. The number of carbonyl (C=O) groups is 1. The number of anilines is 2. The van der Waals surface area contributed by atoms with Gasteiger partial charge in [-0.1, -0.05) is 18.2 Å². The van der Waals surface area contributed by atoms with Crippen molar-refractivity contribution < 1.29 is 14.6 Å². The number of benzene rings is 2. The molecule has 27 heavy (non-hydrogen) atoms. The molecule has 0 atom stereocenters. The van der Waals surface area contributed by atoms with Gasteiger partial charge >= 0.3 is 5.97 Å². The summed E-state index contributed by atoms with van der Waals surface area (Å²) in [7, 11) is 1.64. The third-order valence-corrected chi connectivity index (χ3v) is 5.03. The number of nitrogens with one attached hydrogen (secondary N) is 1. The summed E-state index contributed by atoms with van der Waals surface area (Å²) in [5.41, 5.74) is 2.90. The van der Waals surface area contributed by atoms with E-state index in [4.69, 9.17) is 4.74 Å². The number of hydrogen-bond acceptors (Lipinski definition) is 6. The zero-order valence-electron chi connectivity index (χ0n) is 14.3. The van der Waals surface area contributed by atoms with E-state index in [1.54, 1.807) is 31.4 Å². The lowest BCUT2D eigenvalue weighted by Gasteiger charge is -2.09. The van der Waals surface area contributed by atoms with Gasteiger partial charge in [-0.25, -0.2) is 14.8 Å². The van der Waals surface area contributed by atoms with Gasteiger partial charge in [0.2, 0.25) is 0 Å². The molecule has 0 fully saturated rings. The molecule has 134 valence electrons. The van der Waals surface area contributed by atoms with Crippen molar-refractivity contribution in [1.29, 1.82) is 0 Å². The highest BCUT2D eigenvalue weighted by Crippen LogP contribution is 2.37. The Balaban J connectivity index is 1.78. The Kier molecular flexibility index (Phi) is 4.43. The summed E-state index contributed by atoms with van der Waals surface area (Å²) in [6, 6.07) is 14.4. The van der Waals surface area contributed by atoms with E-state index in [1.807, 2.05) is 29.6 Å². The molecule has 4 aromatic rings. The molecule has 0 saturated heterocycles. The molecule has 0 aliphatic heterocycles. The smallest absolute Gasteiger partial charge is 0.335 e. The second kappa shape index (κ2) is 7.05. The maximum atomic E-state index is 11.2. The molecule has 0 unspecified atom stereocenters. The zero-order chi connectivity index (χ0) is 18.8. The molecule has 0 aliphatic carbocycles. The lowest BCUT2D eigenvalue weighted by Crippen LogP contribution is -1.99. The summed E-state index contributed by atoms with van der Waals surface area (Å²) < 4.78 is 5.22. The number of rotatable bonds is 5. The highest BCUT2D eigenvalue weighted by molar-refractivity contribution is 7.17. The maximum absolute atomic E-state index is 11.2. The molecule has 2 N–H and O–H groups in total. The minimum Gasteiger partial charge on any atom is -0.497 e. The number of carboxylic acid groups (broad SMARTS) is 1. The van der Waals surface area contributed by atoms with E-state index in [9.17, 15) is 9.90 Å². The normalized spacial score (nSPS) is 10.7. The molecular formula is C20H15N3O3S. The Morgan fingerprint density at radius 2 is 1.96 bits per heavy atom. The van der Waals surface area contributed by atoms with Crippen molar-refractivity contribution in [2.75, 3.05) is 12.4 Å². The number of carboxylic acids is 1. The fourth-order valence-corrected chi connectivity index (χ4v) is 3.74. The molecule has 2 aromatic carbocycles. The predicted molar refractivity (Wildman–Crippen MR) is 106 cm³/mol. The summed E-state index contributed by atoms with van der Waals surface area (Å²) >= 11 is 1.54. The van der Waals surface area contributed by atoms with E-state index in [0.29, 0.717) is 11.5 Å². The van der Waals surface area contributed by atoms with E-state index >= 15 is 0 Å². The van der Waals surface area contributed by atoms with Crippen molar-refractivity contribution in [1.82, 2.24) is 9.97 Å². The number of ether oxygens (including phenoxy) is 1. The maximum Gasteiger partial charge on any atom is 0.335 e. The molecule has 0 saturated carbocycles. The van der Waals surface area contributed by atoms with Crippen molar-refractivity contribution in [3.05, 3.63) is 65.8 Å². The van der Waals surface area contributed by atoms with Crippen LogP contribution in [0.1, 0.15) is 10.4 Å². The van der Waals surface area contributed by atoms with E-state index in [-0.39, 0.29) is 5.56 Å². The summed E-state index contributed by atoms with van der Waals surface area (Å²) in [6.07, 6.45) is 1.50. The van der Waals surface area contributed by atoms with Gasteiger partial charge in [0.05, 0.1) is 18.1 Å². The van der Waals surface area contributed by atoms with Crippen LogP contribution in [0.25, 0.3) is 21.3 Å². The van der Waals surface area contributed by atoms with E-state index in [0.717, 1.165) is 27.1 Å². The molecule has 6 nitrogen and oxygen atoms in total. The number of aromatic nitrogens is 2. The van der Waals surface area contributed by atoms with Crippen LogP contribution in [0.2, 0.25) is 0 Å². The second-order valence-corrected chi connectivity index (χ2v) is 6.65. The van der Waals surface area contributed by atoms with Crippen LogP contribution in [0.15, 0.2) is 60.2 Å². The van der Waals surface area contributed by atoms with E-state index in [2.05, 4.69) is 15.3 Å². The molecule has 2 aromatic heterocycles. The second-order valence-electron chi connectivity index (χ2n) is 5.79. The van der Waals surface area contributed by atoms with Crippen LogP contribution >= 0.6 is 11.3 Å². The molecule has 2 heterocycles. The summed E-state index contributed by atoms with van der Waals surface area (Å²) in [5.74, 6) is 0.453. The Bertz CT molecular complexity index is 1120. The minimum atomic E-state index is -0.971. The van der Waals surface area contributed by atoms with Crippen LogP contribution in [0.4, 0.5) is 11.5 Å². The fraction of sp³-hybridized carbons (Fsp3) is 0.0500. The van der Waals surface area contributed by atoms with Gasteiger partial charge < -0.3 is 15.2 Å². The first-order chi connectivity index (χ1) is 13.2. The lowest BCUT2D eigenvalue weighted by molar-refractivity contribution is 0.0697. The van der Waals surface area contributed by atoms with Gasteiger partial charge in [0.1, 0.15) is 22.7 Å². The third-order valence-electron chi connectivity index (χ3n) is 4.14. The largest absolute Gasteiger partial charge is 0.497 e. The molecule has 7 heteroatoms. The van der Waals surface area contributed by atoms with Crippen molar-refractivity contribution in [2.45, 2.75) is 0 Å². The van der Waals surface area contributed by atoms with E-state index in [1.165, 1.54) is 17.7 Å². The number of methoxy groups -OCH3 is 1. The van der Waals surface area contributed by atoms with Gasteiger partial charge in [-0.2, -0.15) is 0 Å². The minimum absolute atomic E-state index is 0.214. The fourth-order valence-electron chi connectivity index (χ4n) is 2.82. The third kappa shape index (κ3) is 3.32. The van der Waals surface area contributed by atoms with Gasteiger partial charge in [-0.05, 0) is 35.9 Å². The molecule has 0 amide bonds. The van der Waals surface area contributed by atoms with Crippen LogP contribution in [0, 0.1) is 0 Å². The Labute approximate surface area is 159 Å². The van der Waals surface area contributed by atoms with Crippen molar-refractivity contribution in [3.63, 3.8) is 0 Å². The van der Waals surface area contributed by atoms with Crippen LogP contribution in [0.5, 0.6) is 5.75 Å². The van der Waals surface area contributed by atoms with Gasteiger partial charge in [0.15, 0.2) is 0 Å². The van der Waals surface area contributed by atoms with Crippen LogP contribution in [0.3, 0.4) is 0 Å². The molecule has 0 bridgehead atoms. The first kappa shape index (κ1) is 17.0. The van der Waals surface area contributed by atoms with Crippen molar-refractivity contribution in [3.8, 4) is 16.9 Å². The predicted octanol–water partition coefficient (Wildman–Crippen LogP) is 4.81. The standard InChI is InChI=1S/C20H15N3O3S/c1-26-15-7-5-12(6-8-15)16-10-27-19-17(16)18(21-11-22-19)23-14-4-2-3-13(9-14)20(24)25/h2-11H,1H3,(H,24,25)(H,21,22,23). The Hall–Kier alpha value is -3.45.